The predicted octanol–water partition coefficient (Wildman–Crippen LogP) is 3.42. The molecule has 0 aliphatic carbocycles. The molecule has 7 heteroatoms. The number of aryl methyl sites for hydroxylation is 1. The van der Waals surface area contributed by atoms with E-state index >= 15 is 0 Å². The van der Waals surface area contributed by atoms with E-state index in [1.165, 1.54) is 0 Å². The Hall–Kier alpha value is -3.61. The molecule has 0 saturated carbocycles. The number of rotatable bonds is 4. The number of anilines is 1. The molecule has 25 heavy (non-hydrogen) atoms. The average Bonchev–Trinajstić information content (AvgIpc) is 3.36. The number of hydrogen-bond donors (Lipinski definition) is 2. The van der Waals surface area contributed by atoms with E-state index in [9.17, 15) is 4.79 Å². The third kappa shape index (κ3) is 3.07. The van der Waals surface area contributed by atoms with E-state index in [0.717, 1.165) is 16.9 Å². The summed E-state index contributed by atoms with van der Waals surface area (Å²) >= 11 is 0. The van der Waals surface area contributed by atoms with Gasteiger partial charge in [-0.15, -0.1) is 0 Å². The zero-order chi connectivity index (χ0) is 17.2. The standard InChI is InChI=1S/C18H15N5O2/c1-12-5-7-23(22-12)15-4-2-3-14(9-15)19-18(24)17-10-16(20-21-17)13-6-8-25-11-13/h2-11H,1H3,(H,19,24)(H,20,21). The first kappa shape index (κ1) is 14.9. The van der Waals surface area contributed by atoms with Crippen molar-refractivity contribution >= 4 is 11.6 Å². The molecule has 0 unspecified atom stereocenters. The van der Waals surface area contributed by atoms with Crippen molar-refractivity contribution in [2.45, 2.75) is 6.92 Å². The number of carbonyl (C=O) groups is 1. The summed E-state index contributed by atoms with van der Waals surface area (Å²) in [4.78, 5) is 12.4. The van der Waals surface area contributed by atoms with Crippen LogP contribution in [-0.2, 0) is 0 Å². The number of H-pyrrole nitrogens is 1. The van der Waals surface area contributed by atoms with E-state index in [1.54, 1.807) is 29.3 Å². The third-order valence-corrected chi connectivity index (χ3v) is 3.73. The first-order chi connectivity index (χ1) is 12.2. The summed E-state index contributed by atoms with van der Waals surface area (Å²) in [6, 6.07) is 12.9. The molecule has 0 aliphatic rings. The minimum absolute atomic E-state index is 0.268. The van der Waals surface area contributed by atoms with Gasteiger partial charge in [0, 0.05) is 17.4 Å². The Morgan fingerprint density at radius 3 is 2.92 bits per heavy atom. The number of benzene rings is 1. The van der Waals surface area contributed by atoms with Crippen LogP contribution in [0.15, 0.2) is 65.6 Å². The van der Waals surface area contributed by atoms with Crippen LogP contribution < -0.4 is 5.32 Å². The summed E-state index contributed by atoms with van der Waals surface area (Å²) in [5.41, 5.74) is 4.31. The Bertz CT molecular complexity index is 1010. The minimum Gasteiger partial charge on any atom is -0.472 e. The smallest absolute Gasteiger partial charge is 0.273 e. The van der Waals surface area contributed by atoms with Crippen molar-refractivity contribution in [1.29, 1.82) is 0 Å². The average molecular weight is 333 g/mol. The molecule has 0 atom stereocenters. The summed E-state index contributed by atoms with van der Waals surface area (Å²) in [6.45, 7) is 1.93. The molecule has 124 valence electrons. The van der Waals surface area contributed by atoms with Gasteiger partial charge in [-0.1, -0.05) is 6.07 Å². The second kappa shape index (κ2) is 6.12. The fourth-order valence-electron chi connectivity index (χ4n) is 2.48. The van der Waals surface area contributed by atoms with Gasteiger partial charge < -0.3 is 9.73 Å². The van der Waals surface area contributed by atoms with Gasteiger partial charge >= 0.3 is 0 Å². The molecular weight excluding hydrogens is 318 g/mol. The highest BCUT2D eigenvalue weighted by Crippen LogP contribution is 2.19. The van der Waals surface area contributed by atoms with Crippen LogP contribution in [0.5, 0.6) is 0 Å². The lowest BCUT2D eigenvalue weighted by atomic mass is 10.2. The molecule has 0 spiro atoms. The van der Waals surface area contributed by atoms with Crippen LogP contribution in [0.4, 0.5) is 5.69 Å². The van der Waals surface area contributed by atoms with E-state index < -0.39 is 0 Å². The van der Waals surface area contributed by atoms with Crippen LogP contribution in [0.25, 0.3) is 16.9 Å². The van der Waals surface area contributed by atoms with E-state index in [0.29, 0.717) is 17.1 Å². The van der Waals surface area contributed by atoms with Gasteiger partial charge in [-0.05, 0) is 43.3 Å². The van der Waals surface area contributed by atoms with Crippen LogP contribution in [0, 0.1) is 6.92 Å². The Balaban J connectivity index is 1.53. The number of nitrogens with zero attached hydrogens (tertiary/aromatic N) is 3. The van der Waals surface area contributed by atoms with E-state index in [1.807, 2.05) is 43.5 Å². The molecule has 3 heterocycles. The van der Waals surface area contributed by atoms with Gasteiger partial charge in [-0.3, -0.25) is 9.89 Å². The number of carbonyl (C=O) groups excluding carboxylic acids is 1. The lowest BCUT2D eigenvalue weighted by molar-refractivity contribution is 0.102. The maximum absolute atomic E-state index is 12.4. The fraction of sp³-hybridized carbons (Fsp3) is 0.0556. The number of aromatic nitrogens is 4. The number of furan rings is 1. The lowest BCUT2D eigenvalue weighted by Gasteiger charge is -2.06. The maximum atomic E-state index is 12.4. The summed E-state index contributed by atoms with van der Waals surface area (Å²) in [5, 5.41) is 14.1. The Morgan fingerprint density at radius 2 is 2.16 bits per heavy atom. The first-order valence-corrected chi connectivity index (χ1v) is 7.71. The SMILES string of the molecule is Cc1ccn(-c2cccc(NC(=O)c3cc(-c4ccoc4)n[nH]3)c2)n1. The summed E-state index contributed by atoms with van der Waals surface area (Å²) in [7, 11) is 0. The van der Waals surface area contributed by atoms with Crippen molar-refractivity contribution in [3.05, 3.63) is 72.6 Å². The summed E-state index contributed by atoms with van der Waals surface area (Å²) < 4.78 is 6.79. The Morgan fingerprint density at radius 1 is 1.24 bits per heavy atom. The number of hydrogen-bond acceptors (Lipinski definition) is 4. The van der Waals surface area contributed by atoms with Gasteiger partial charge in [-0.25, -0.2) is 4.68 Å². The Kier molecular flexibility index (Phi) is 3.66. The molecule has 0 radical (unpaired) electrons. The van der Waals surface area contributed by atoms with Crippen molar-refractivity contribution in [2.24, 2.45) is 0 Å². The van der Waals surface area contributed by atoms with E-state index in [-0.39, 0.29) is 5.91 Å². The monoisotopic (exact) mass is 333 g/mol. The molecular formula is C18H15N5O2. The molecule has 0 saturated heterocycles. The molecule has 1 aromatic carbocycles. The molecule has 0 bridgehead atoms. The van der Waals surface area contributed by atoms with Gasteiger partial charge in [0.25, 0.3) is 5.91 Å². The van der Waals surface area contributed by atoms with Crippen molar-refractivity contribution in [2.75, 3.05) is 5.32 Å². The minimum atomic E-state index is -0.268. The number of amides is 1. The van der Waals surface area contributed by atoms with Gasteiger partial charge in [0.15, 0.2) is 0 Å². The zero-order valence-corrected chi connectivity index (χ0v) is 13.4. The van der Waals surface area contributed by atoms with Crippen LogP contribution >= 0.6 is 0 Å². The summed E-state index contributed by atoms with van der Waals surface area (Å²) in [6.07, 6.45) is 5.02. The molecule has 4 aromatic rings. The lowest BCUT2D eigenvalue weighted by Crippen LogP contribution is -2.12. The fourth-order valence-corrected chi connectivity index (χ4v) is 2.48. The maximum Gasteiger partial charge on any atom is 0.273 e. The summed E-state index contributed by atoms with van der Waals surface area (Å²) in [5.74, 6) is -0.268. The number of aromatic amines is 1. The van der Waals surface area contributed by atoms with Gasteiger partial charge in [0.05, 0.1) is 29.6 Å². The zero-order valence-electron chi connectivity index (χ0n) is 13.4. The molecule has 0 aliphatic heterocycles. The third-order valence-electron chi connectivity index (χ3n) is 3.73. The largest absolute Gasteiger partial charge is 0.472 e. The molecule has 0 fully saturated rings. The van der Waals surface area contributed by atoms with Gasteiger partial charge in [-0.2, -0.15) is 10.2 Å². The van der Waals surface area contributed by atoms with Gasteiger partial charge in [0.1, 0.15) is 5.69 Å². The van der Waals surface area contributed by atoms with Crippen LogP contribution in [-0.4, -0.2) is 25.9 Å². The highest BCUT2D eigenvalue weighted by Gasteiger charge is 2.12. The quantitative estimate of drug-likeness (QED) is 0.599. The highest BCUT2D eigenvalue weighted by molar-refractivity contribution is 6.03. The molecule has 4 rings (SSSR count). The van der Waals surface area contributed by atoms with Crippen LogP contribution in [0.3, 0.4) is 0 Å². The highest BCUT2D eigenvalue weighted by atomic mass is 16.3. The van der Waals surface area contributed by atoms with Crippen LogP contribution in [0.1, 0.15) is 16.2 Å². The predicted molar refractivity (Wildman–Crippen MR) is 92.5 cm³/mol. The van der Waals surface area contributed by atoms with Crippen LogP contribution in [0.2, 0.25) is 0 Å². The van der Waals surface area contributed by atoms with Crippen molar-refractivity contribution in [1.82, 2.24) is 20.0 Å². The van der Waals surface area contributed by atoms with Crippen molar-refractivity contribution in [3.63, 3.8) is 0 Å². The molecule has 2 N–H and O–H groups in total. The van der Waals surface area contributed by atoms with E-state index in [4.69, 9.17) is 4.42 Å². The van der Waals surface area contributed by atoms with E-state index in [2.05, 4.69) is 20.6 Å². The first-order valence-electron chi connectivity index (χ1n) is 7.71. The second-order valence-corrected chi connectivity index (χ2v) is 5.59. The molecule has 1 amide bonds. The Labute approximate surface area is 143 Å². The van der Waals surface area contributed by atoms with Gasteiger partial charge in [0.2, 0.25) is 0 Å². The molecule has 3 aromatic heterocycles. The van der Waals surface area contributed by atoms with Crippen molar-refractivity contribution < 1.29 is 9.21 Å². The second-order valence-electron chi connectivity index (χ2n) is 5.59. The molecule has 7 nitrogen and oxygen atoms in total. The van der Waals surface area contributed by atoms with Crippen molar-refractivity contribution in [3.8, 4) is 16.9 Å². The normalized spacial score (nSPS) is 10.8. The number of nitrogens with one attached hydrogen (secondary N) is 2. The topological polar surface area (TPSA) is 88.7 Å².